The molecule has 4 rings (SSSR count). The summed E-state index contributed by atoms with van der Waals surface area (Å²) in [4.78, 5) is 30.1. The molecule has 42 heavy (non-hydrogen) atoms. The number of ether oxygens (including phenoxy) is 1. The topological polar surface area (TPSA) is 106 Å². The lowest BCUT2D eigenvalue weighted by atomic mass is 10.0. The molecule has 0 spiro atoms. The number of nitrogens with zero attached hydrogens (tertiary/aromatic N) is 2. The van der Waals surface area contributed by atoms with Crippen molar-refractivity contribution < 1.29 is 27.7 Å². The van der Waals surface area contributed by atoms with Crippen molar-refractivity contribution in [2.24, 2.45) is 5.92 Å². The maximum absolute atomic E-state index is 13.7. The predicted molar refractivity (Wildman–Crippen MR) is 164 cm³/mol. The van der Waals surface area contributed by atoms with Gasteiger partial charge in [-0.25, -0.2) is 14.3 Å². The summed E-state index contributed by atoms with van der Waals surface area (Å²) in [5.74, 6) is -0.793. The Morgan fingerprint density at radius 3 is 2.14 bits per heavy atom. The summed E-state index contributed by atoms with van der Waals surface area (Å²) in [6.45, 7) is 5.97. The van der Waals surface area contributed by atoms with Crippen LogP contribution in [-0.2, 0) is 36.1 Å². The number of rotatable bonds is 14. The van der Waals surface area contributed by atoms with Gasteiger partial charge in [-0.05, 0) is 59.3 Å². The number of pyridine rings is 2. The van der Waals surface area contributed by atoms with Crippen LogP contribution in [0.4, 0.5) is 0 Å². The van der Waals surface area contributed by atoms with Crippen LogP contribution in [0, 0.1) is 5.92 Å². The van der Waals surface area contributed by atoms with E-state index in [0.717, 1.165) is 11.1 Å². The molecular weight excluding hydrogens is 623 g/mol. The van der Waals surface area contributed by atoms with E-state index in [1.54, 1.807) is 23.8 Å². The normalized spacial score (nSPS) is 13.1. The van der Waals surface area contributed by atoms with Gasteiger partial charge < -0.3 is 9.30 Å². The van der Waals surface area contributed by atoms with Crippen LogP contribution in [0.25, 0.3) is 11.0 Å². The van der Waals surface area contributed by atoms with Crippen LogP contribution in [0.15, 0.2) is 88.4 Å². The van der Waals surface area contributed by atoms with Crippen molar-refractivity contribution >= 4 is 40.8 Å². The lowest BCUT2D eigenvalue weighted by Gasteiger charge is -2.24. The van der Waals surface area contributed by atoms with Gasteiger partial charge in [0.1, 0.15) is 11.2 Å². The van der Waals surface area contributed by atoms with Crippen LogP contribution < -0.4 is 5.43 Å². The van der Waals surface area contributed by atoms with Crippen LogP contribution >= 0.6 is 23.8 Å². The van der Waals surface area contributed by atoms with E-state index in [2.05, 4.69) is 20.9 Å². The van der Waals surface area contributed by atoms with Gasteiger partial charge >= 0.3 is 13.8 Å². The zero-order valence-electron chi connectivity index (χ0n) is 23.8. The first-order valence-electron chi connectivity index (χ1n) is 13.7. The lowest BCUT2D eigenvalue weighted by Crippen LogP contribution is -2.23. The molecule has 0 aliphatic heterocycles. The number of phosphoric ester groups is 1. The molecule has 2 heterocycles. The third kappa shape index (κ3) is 8.46. The van der Waals surface area contributed by atoms with Gasteiger partial charge in [-0.3, -0.25) is 18.4 Å². The van der Waals surface area contributed by atoms with Crippen molar-refractivity contribution in [3.05, 3.63) is 111 Å². The number of aromatic nitrogens is 2. The van der Waals surface area contributed by atoms with Gasteiger partial charge in [0.25, 0.3) is 0 Å². The summed E-state index contributed by atoms with van der Waals surface area (Å²) in [6.07, 6.45) is 3.65. The minimum absolute atomic E-state index is 0.0619. The van der Waals surface area contributed by atoms with E-state index in [1.165, 1.54) is 6.20 Å². The molecule has 222 valence electrons. The average molecular weight is 657 g/mol. The number of carbonyl (C=O) groups is 1. The molecular formula is C31H34BrN2O7P. The second-order valence-corrected chi connectivity index (χ2v) is 12.6. The number of benzene rings is 2. The largest absolute Gasteiger partial charge is 0.475 e. The second-order valence-electron chi connectivity index (χ2n) is 9.98. The summed E-state index contributed by atoms with van der Waals surface area (Å²) >= 11 is 3.36. The maximum atomic E-state index is 13.7. The van der Waals surface area contributed by atoms with Gasteiger partial charge in [0.15, 0.2) is 0 Å². The van der Waals surface area contributed by atoms with Crippen molar-refractivity contribution in [3.8, 4) is 0 Å². The summed E-state index contributed by atoms with van der Waals surface area (Å²) in [7, 11) is -3.93. The first kappa shape index (κ1) is 31.8. The van der Waals surface area contributed by atoms with E-state index in [1.807, 2.05) is 74.5 Å². The number of phosphoric acid groups is 1. The highest BCUT2D eigenvalue weighted by Crippen LogP contribution is 2.51. The number of halogens is 1. The van der Waals surface area contributed by atoms with Gasteiger partial charge in [0.05, 0.1) is 31.8 Å². The fourth-order valence-electron chi connectivity index (χ4n) is 4.45. The molecule has 0 saturated carbocycles. The van der Waals surface area contributed by atoms with E-state index >= 15 is 0 Å². The standard InChI is InChI=1S/C31H34BrN2O7P/c1-4-38-31(36)28-18-34(30-27(29(28)35)16-26(32)17-33-30)23(3)15-22(2)19-39-42(37,40-20-24-11-7-5-8-12-24)41-21-25-13-9-6-10-14-25/h5-14,16-18,22-23H,4,15,19-21H2,1-3H3. The summed E-state index contributed by atoms with van der Waals surface area (Å²) < 4.78 is 38.5. The Bertz CT molecular complexity index is 1550. The Morgan fingerprint density at radius 1 is 0.976 bits per heavy atom. The average Bonchev–Trinajstić information content (AvgIpc) is 2.99. The van der Waals surface area contributed by atoms with Gasteiger partial charge in [0, 0.05) is 22.9 Å². The molecule has 2 atom stereocenters. The molecule has 0 fully saturated rings. The molecule has 2 unspecified atom stereocenters. The number of hydrogen-bond acceptors (Lipinski definition) is 8. The SMILES string of the molecule is CCOC(=O)c1cn(C(C)CC(C)COP(=O)(OCc2ccccc2)OCc2ccccc2)c2ncc(Br)cc2c1=O. The van der Waals surface area contributed by atoms with Crippen molar-refractivity contribution in [3.63, 3.8) is 0 Å². The highest BCUT2D eigenvalue weighted by molar-refractivity contribution is 9.10. The number of carbonyl (C=O) groups excluding carboxylic acids is 1. The number of esters is 1. The first-order chi connectivity index (χ1) is 20.2. The highest BCUT2D eigenvalue weighted by Gasteiger charge is 2.29. The van der Waals surface area contributed by atoms with Crippen molar-refractivity contribution in [1.29, 1.82) is 0 Å². The molecule has 4 aromatic rings. The lowest BCUT2D eigenvalue weighted by molar-refractivity contribution is 0.0523. The molecule has 0 aliphatic carbocycles. The minimum Gasteiger partial charge on any atom is -0.462 e. The van der Waals surface area contributed by atoms with Crippen molar-refractivity contribution in [2.45, 2.75) is 46.4 Å². The van der Waals surface area contributed by atoms with E-state index in [-0.39, 0.29) is 44.0 Å². The Labute approximate surface area is 253 Å². The quantitative estimate of drug-likeness (QED) is 0.102. The fraction of sp³-hybridized carbons (Fsp3) is 0.323. The smallest absolute Gasteiger partial charge is 0.462 e. The summed E-state index contributed by atoms with van der Waals surface area (Å²) in [5, 5.41) is 0.304. The van der Waals surface area contributed by atoms with E-state index in [4.69, 9.17) is 18.3 Å². The Kier molecular flexibility index (Phi) is 11.2. The highest BCUT2D eigenvalue weighted by atomic mass is 79.9. The zero-order chi connectivity index (χ0) is 30.1. The predicted octanol–water partition coefficient (Wildman–Crippen LogP) is 7.48. The molecule has 0 radical (unpaired) electrons. The minimum atomic E-state index is -3.93. The van der Waals surface area contributed by atoms with E-state index in [9.17, 15) is 14.2 Å². The fourth-order valence-corrected chi connectivity index (χ4v) is 6.06. The molecule has 2 aromatic heterocycles. The van der Waals surface area contributed by atoms with Crippen LogP contribution in [-0.4, -0.2) is 28.7 Å². The monoisotopic (exact) mass is 656 g/mol. The molecule has 11 heteroatoms. The van der Waals surface area contributed by atoms with Crippen molar-refractivity contribution in [1.82, 2.24) is 9.55 Å². The van der Waals surface area contributed by atoms with Gasteiger partial charge in [-0.1, -0.05) is 67.6 Å². The third-order valence-electron chi connectivity index (χ3n) is 6.53. The molecule has 0 bridgehead atoms. The zero-order valence-corrected chi connectivity index (χ0v) is 26.3. The van der Waals surface area contributed by atoms with Crippen molar-refractivity contribution in [2.75, 3.05) is 13.2 Å². The Balaban J connectivity index is 1.50. The van der Waals surface area contributed by atoms with Crippen LogP contribution in [0.2, 0.25) is 0 Å². The van der Waals surface area contributed by atoms with Crippen LogP contribution in [0.1, 0.15) is 54.7 Å². The van der Waals surface area contributed by atoms with Gasteiger partial charge in [-0.15, -0.1) is 0 Å². The summed E-state index contributed by atoms with van der Waals surface area (Å²) in [6, 6.07) is 20.2. The first-order valence-corrected chi connectivity index (χ1v) is 15.9. The van der Waals surface area contributed by atoms with E-state index in [0.29, 0.717) is 21.9 Å². The Hall–Kier alpha value is -3.14. The second kappa shape index (κ2) is 14.8. The maximum Gasteiger partial charge on any atom is 0.475 e. The van der Waals surface area contributed by atoms with Gasteiger partial charge in [-0.2, -0.15) is 0 Å². The van der Waals surface area contributed by atoms with Gasteiger partial charge in [0.2, 0.25) is 5.43 Å². The Morgan fingerprint density at radius 2 is 1.57 bits per heavy atom. The molecule has 0 aliphatic rings. The number of fused-ring (bicyclic) bond motifs is 1. The molecule has 0 amide bonds. The number of hydrogen-bond donors (Lipinski definition) is 0. The van der Waals surface area contributed by atoms with Crippen LogP contribution in [0.5, 0.6) is 0 Å². The third-order valence-corrected chi connectivity index (χ3v) is 8.32. The van der Waals surface area contributed by atoms with Crippen LogP contribution in [0.3, 0.4) is 0 Å². The summed E-state index contributed by atoms with van der Waals surface area (Å²) in [5.41, 5.74) is 1.62. The molecule has 9 nitrogen and oxygen atoms in total. The molecule has 0 saturated heterocycles. The van der Waals surface area contributed by atoms with E-state index < -0.39 is 19.2 Å². The molecule has 2 aromatic carbocycles. The molecule has 0 N–H and O–H groups in total.